The zero-order valence-corrected chi connectivity index (χ0v) is 9.73. The molecule has 0 aliphatic carbocycles. The molecule has 0 radical (unpaired) electrons. The lowest BCUT2D eigenvalue weighted by atomic mass is 10.0. The topological polar surface area (TPSA) is 12.5 Å². The van der Waals surface area contributed by atoms with Gasteiger partial charge in [0, 0.05) is 18.7 Å². The van der Waals surface area contributed by atoms with Crippen LogP contribution in [-0.4, -0.2) is 18.2 Å². The third-order valence-corrected chi connectivity index (χ3v) is 3.17. The molecule has 1 aliphatic rings. The summed E-state index contributed by atoms with van der Waals surface area (Å²) in [6, 6.07) is 12.6. The first kappa shape index (κ1) is 10.4. The molecule has 0 aromatic heterocycles. The van der Waals surface area contributed by atoms with E-state index < -0.39 is 0 Å². The minimum absolute atomic E-state index is 0.650. The molecule has 2 aromatic rings. The number of hydrogen-bond acceptors (Lipinski definition) is 2. The Morgan fingerprint density at radius 1 is 1.24 bits per heavy atom. The van der Waals surface area contributed by atoms with Gasteiger partial charge in [-0.05, 0) is 16.8 Å². The number of rotatable bonds is 2. The molecule has 2 aromatic carbocycles. The van der Waals surface area contributed by atoms with Gasteiger partial charge in [0.1, 0.15) is 12.5 Å². The largest absolute Gasteiger partial charge is 0.478 e. The van der Waals surface area contributed by atoms with E-state index in [0.29, 0.717) is 6.73 Å². The molecule has 0 bridgehead atoms. The van der Waals surface area contributed by atoms with Crippen molar-refractivity contribution < 1.29 is 4.74 Å². The fourth-order valence-electron chi connectivity index (χ4n) is 2.34. The third kappa shape index (κ3) is 1.81. The molecule has 0 saturated heterocycles. The molecular formula is C15H15NO. The van der Waals surface area contributed by atoms with Gasteiger partial charge in [-0.1, -0.05) is 36.4 Å². The zero-order valence-electron chi connectivity index (χ0n) is 9.73. The van der Waals surface area contributed by atoms with Crippen molar-refractivity contribution in [1.29, 1.82) is 0 Å². The van der Waals surface area contributed by atoms with Crippen molar-refractivity contribution in [3.63, 3.8) is 0 Å². The lowest BCUT2D eigenvalue weighted by molar-refractivity contribution is 0.108. The van der Waals surface area contributed by atoms with Crippen molar-refractivity contribution in [2.24, 2.45) is 0 Å². The first-order valence-corrected chi connectivity index (χ1v) is 5.85. The monoisotopic (exact) mass is 225 g/mol. The molecule has 0 fully saturated rings. The predicted octanol–water partition coefficient (Wildman–Crippen LogP) is 3.18. The number of ether oxygens (including phenoxy) is 1. The molecule has 3 rings (SSSR count). The van der Waals surface area contributed by atoms with E-state index in [1.54, 1.807) is 0 Å². The summed E-state index contributed by atoms with van der Waals surface area (Å²) in [6.07, 6.45) is 1.92. The summed E-state index contributed by atoms with van der Waals surface area (Å²) in [6.45, 7) is 6.22. The first-order valence-electron chi connectivity index (χ1n) is 5.85. The van der Waals surface area contributed by atoms with Crippen molar-refractivity contribution in [3.05, 3.63) is 54.6 Å². The van der Waals surface area contributed by atoms with E-state index in [-0.39, 0.29) is 0 Å². The molecule has 86 valence electrons. The SMILES string of the molecule is C=CCN1COc2ccc3ccccc3c2C1. The van der Waals surface area contributed by atoms with Gasteiger partial charge in [0.05, 0.1) is 0 Å². The fourth-order valence-corrected chi connectivity index (χ4v) is 2.34. The highest BCUT2D eigenvalue weighted by Gasteiger charge is 2.18. The Morgan fingerprint density at radius 2 is 2.12 bits per heavy atom. The lowest BCUT2D eigenvalue weighted by Crippen LogP contribution is -2.32. The molecule has 0 N–H and O–H groups in total. The normalized spacial score (nSPS) is 15.3. The molecule has 1 heterocycles. The van der Waals surface area contributed by atoms with Crippen molar-refractivity contribution in [1.82, 2.24) is 4.90 Å². The van der Waals surface area contributed by atoms with E-state index in [4.69, 9.17) is 4.74 Å². The Balaban J connectivity index is 2.09. The van der Waals surface area contributed by atoms with E-state index in [1.807, 2.05) is 6.08 Å². The highest BCUT2D eigenvalue weighted by Crippen LogP contribution is 2.31. The smallest absolute Gasteiger partial charge is 0.142 e. The highest BCUT2D eigenvalue weighted by molar-refractivity contribution is 5.87. The summed E-state index contributed by atoms with van der Waals surface area (Å²) < 4.78 is 5.77. The van der Waals surface area contributed by atoms with Crippen LogP contribution in [0.4, 0.5) is 0 Å². The van der Waals surface area contributed by atoms with Crippen molar-refractivity contribution in [2.45, 2.75) is 6.54 Å². The van der Waals surface area contributed by atoms with Gasteiger partial charge < -0.3 is 4.74 Å². The number of hydrogen-bond donors (Lipinski definition) is 0. The maximum Gasteiger partial charge on any atom is 0.142 e. The molecule has 17 heavy (non-hydrogen) atoms. The summed E-state index contributed by atoms with van der Waals surface area (Å²) in [5.74, 6) is 1.02. The van der Waals surface area contributed by atoms with Gasteiger partial charge in [0.2, 0.25) is 0 Å². The second kappa shape index (κ2) is 4.22. The fraction of sp³-hybridized carbons (Fsp3) is 0.200. The second-order valence-electron chi connectivity index (χ2n) is 4.34. The number of benzene rings is 2. The van der Waals surface area contributed by atoms with Gasteiger partial charge in [0.25, 0.3) is 0 Å². The Morgan fingerprint density at radius 3 is 3.00 bits per heavy atom. The van der Waals surface area contributed by atoms with Crippen molar-refractivity contribution in [2.75, 3.05) is 13.3 Å². The number of nitrogens with zero attached hydrogens (tertiary/aromatic N) is 1. The van der Waals surface area contributed by atoms with E-state index in [9.17, 15) is 0 Å². The van der Waals surface area contributed by atoms with Crippen LogP contribution in [0, 0.1) is 0 Å². The summed E-state index contributed by atoms with van der Waals surface area (Å²) in [5, 5.41) is 2.56. The molecule has 0 unspecified atom stereocenters. The average molecular weight is 225 g/mol. The van der Waals surface area contributed by atoms with Crippen LogP contribution in [0.5, 0.6) is 5.75 Å². The van der Waals surface area contributed by atoms with Crippen LogP contribution in [0.3, 0.4) is 0 Å². The van der Waals surface area contributed by atoms with E-state index >= 15 is 0 Å². The van der Waals surface area contributed by atoms with Crippen LogP contribution in [0.15, 0.2) is 49.1 Å². The predicted molar refractivity (Wildman–Crippen MR) is 70.1 cm³/mol. The van der Waals surface area contributed by atoms with Crippen molar-refractivity contribution >= 4 is 10.8 Å². The molecule has 0 amide bonds. The van der Waals surface area contributed by atoms with Crippen LogP contribution in [-0.2, 0) is 6.54 Å². The Hall–Kier alpha value is -1.80. The van der Waals surface area contributed by atoms with E-state index in [2.05, 4.69) is 47.9 Å². The van der Waals surface area contributed by atoms with Gasteiger partial charge in [-0.25, -0.2) is 0 Å². The zero-order chi connectivity index (χ0) is 11.7. The van der Waals surface area contributed by atoms with Gasteiger partial charge in [-0.3, -0.25) is 4.90 Å². The molecule has 0 spiro atoms. The summed E-state index contributed by atoms with van der Waals surface area (Å²) in [7, 11) is 0. The van der Waals surface area contributed by atoms with Crippen LogP contribution in [0.1, 0.15) is 5.56 Å². The summed E-state index contributed by atoms with van der Waals surface area (Å²) in [4.78, 5) is 2.24. The van der Waals surface area contributed by atoms with Gasteiger partial charge >= 0.3 is 0 Å². The first-order chi connectivity index (χ1) is 8.38. The van der Waals surface area contributed by atoms with Gasteiger partial charge in [0.15, 0.2) is 0 Å². The van der Waals surface area contributed by atoms with Gasteiger partial charge in [-0.2, -0.15) is 0 Å². The lowest BCUT2D eigenvalue weighted by Gasteiger charge is -2.28. The van der Waals surface area contributed by atoms with Crippen LogP contribution >= 0.6 is 0 Å². The quantitative estimate of drug-likeness (QED) is 0.728. The van der Waals surface area contributed by atoms with Crippen LogP contribution in [0.2, 0.25) is 0 Å². The molecular weight excluding hydrogens is 210 g/mol. The maximum absolute atomic E-state index is 5.77. The minimum atomic E-state index is 0.650. The molecule has 2 nitrogen and oxygen atoms in total. The second-order valence-corrected chi connectivity index (χ2v) is 4.34. The standard InChI is InChI=1S/C15H15NO/c1-2-9-16-10-14-13-6-4-3-5-12(13)7-8-15(14)17-11-16/h2-8H,1,9-11H2. The van der Waals surface area contributed by atoms with Crippen molar-refractivity contribution in [3.8, 4) is 5.75 Å². The highest BCUT2D eigenvalue weighted by atomic mass is 16.5. The molecule has 0 saturated carbocycles. The minimum Gasteiger partial charge on any atom is -0.478 e. The third-order valence-electron chi connectivity index (χ3n) is 3.17. The van der Waals surface area contributed by atoms with Crippen LogP contribution < -0.4 is 4.74 Å². The van der Waals surface area contributed by atoms with E-state index in [1.165, 1.54) is 16.3 Å². The molecule has 0 atom stereocenters. The van der Waals surface area contributed by atoms with Crippen LogP contribution in [0.25, 0.3) is 10.8 Å². The maximum atomic E-state index is 5.77. The summed E-state index contributed by atoms with van der Waals surface area (Å²) in [5.41, 5.74) is 1.29. The Kier molecular flexibility index (Phi) is 2.57. The molecule has 1 aliphatic heterocycles. The molecule has 2 heteroatoms. The Labute approximate surface area is 101 Å². The Bertz CT molecular complexity index is 562. The van der Waals surface area contributed by atoms with Gasteiger partial charge in [-0.15, -0.1) is 6.58 Å². The average Bonchev–Trinajstić information content (AvgIpc) is 2.39. The van der Waals surface area contributed by atoms with E-state index in [0.717, 1.165) is 18.8 Å². The number of fused-ring (bicyclic) bond motifs is 3. The summed E-state index contributed by atoms with van der Waals surface area (Å²) >= 11 is 0.